The summed E-state index contributed by atoms with van der Waals surface area (Å²) >= 11 is 0. The van der Waals surface area contributed by atoms with E-state index < -0.39 is 84.1 Å². The first-order chi connectivity index (χ1) is 32.4. The Balaban J connectivity index is 1.24. The fourth-order valence-corrected chi connectivity index (χ4v) is 8.13. The van der Waals surface area contributed by atoms with Gasteiger partial charge in [-0.05, 0) is 61.6 Å². The standard InChI is InChI=1S/C48H56N12O7/c1-28-43(62)58-40(21-31-24-52-36-16-8-6-14-34(31)36)48(67)59-38(19-29-11-3-2-4-12-29)47(66)57-37(17-9-10-18-49)45(64)60-41(22-32-25-50-27-54-32)44(63)53-26-42(61)56-39(46(65)55-28)20-30-23-51-35-15-7-5-13-33(30)35/h2-8,11-16,23-25,27-28,37-41,51-52H,9-10,17-22,26,49H2,1H3,(H,50,54)(H,53,63)(H,55,65)(H,56,61)(H,57,66)(H,58,62)(H,59,67)(H,60,64)/t28-,37-,38+,39+,40-,41-/m0/s1. The largest absolute Gasteiger partial charge is 0.361 e. The molecule has 3 aromatic heterocycles. The van der Waals surface area contributed by atoms with Gasteiger partial charge in [0.25, 0.3) is 0 Å². The van der Waals surface area contributed by atoms with E-state index in [-0.39, 0.29) is 32.1 Å². The molecule has 12 N–H and O–H groups in total. The molecule has 1 fully saturated rings. The molecular formula is C48H56N12O7. The van der Waals surface area contributed by atoms with E-state index in [0.29, 0.717) is 41.8 Å². The first-order valence-corrected chi connectivity index (χ1v) is 22.4. The summed E-state index contributed by atoms with van der Waals surface area (Å²) in [4.78, 5) is 112. The van der Waals surface area contributed by atoms with E-state index >= 15 is 0 Å². The Morgan fingerprint density at radius 2 is 1.06 bits per heavy atom. The summed E-state index contributed by atoms with van der Waals surface area (Å²) in [6.07, 6.45) is 7.43. The Hall–Kier alpha value is -7.80. The summed E-state index contributed by atoms with van der Waals surface area (Å²) in [5.41, 5.74) is 10.0. The number of rotatable bonds is 12. The van der Waals surface area contributed by atoms with Crippen LogP contribution < -0.4 is 43.0 Å². The van der Waals surface area contributed by atoms with Gasteiger partial charge in [-0.3, -0.25) is 33.6 Å². The van der Waals surface area contributed by atoms with Crippen LogP contribution in [-0.2, 0) is 59.2 Å². The van der Waals surface area contributed by atoms with Gasteiger partial charge < -0.3 is 57.9 Å². The summed E-state index contributed by atoms with van der Waals surface area (Å²) in [7, 11) is 0. The molecule has 19 heteroatoms. The number of nitrogens with zero attached hydrogens (tertiary/aromatic N) is 1. The number of para-hydroxylation sites is 2. The van der Waals surface area contributed by atoms with E-state index in [1.807, 2.05) is 54.6 Å². The second-order valence-electron chi connectivity index (χ2n) is 16.7. The minimum atomic E-state index is -1.27. The van der Waals surface area contributed by atoms with Gasteiger partial charge in [-0.1, -0.05) is 66.7 Å². The van der Waals surface area contributed by atoms with E-state index in [2.05, 4.69) is 57.2 Å². The number of aromatic nitrogens is 4. The SMILES string of the molecule is C[C@@H]1NC(=O)[C@@H](Cc2c[nH]c3ccccc23)NC(=O)CNC(=O)[C@H](Cc2cnc[nH]2)NC(=O)[C@H](CCCCN)NC(=O)[C@@H](Cc2ccccc2)NC(=O)[C@H](Cc2c[nH]c3ccccc23)NC1=O. The summed E-state index contributed by atoms with van der Waals surface area (Å²) in [5.74, 6) is -4.97. The van der Waals surface area contributed by atoms with E-state index in [9.17, 15) is 33.6 Å². The van der Waals surface area contributed by atoms with Gasteiger partial charge in [-0.15, -0.1) is 0 Å². The Labute approximate surface area is 386 Å². The van der Waals surface area contributed by atoms with Gasteiger partial charge in [0.2, 0.25) is 41.4 Å². The number of imidazole rings is 1. The van der Waals surface area contributed by atoms with Crippen molar-refractivity contribution in [2.24, 2.45) is 5.73 Å². The van der Waals surface area contributed by atoms with Crippen molar-refractivity contribution >= 4 is 63.2 Å². The number of carbonyl (C=O) groups excluding carboxylic acids is 7. The highest BCUT2D eigenvalue weighted by Crippen LogP contribution is 2.21. The van der Waals surface area contributed by atoms with E-state index in [0.717, 1.165) is 21.8 Å². The second-order valence-corrected chi connectivity index (χ2v) is 16.7. The summed E-state index contributed by atoms with van der Waals surface area (Å²) in [6, 6.07) is 16.5. The lowest BCUT2D eigenvalue weighted by molar-refractivity contribution is -0.135. The van der Waals surface area contributed by atoms with E-state index in [1.54, 1.807) is 36.7 Å². The molecule has 0 spiro atoms. The van der Waals surface area contributed by atoms with Crippen LogP contribution in [-0.4, -0.2) is 111 Å². The number of H-pyrrole nitrogens is 3. The zero-order chi connectivity index (χ0) is 47.3. The van der Waals surface area contributed by atoms with Crippen LogP contribution in [0.25, 0.3) is 21.8 Å². The minimum absolute atomic E-state index is 0.00332. The Bertz CT molecular complexity index is 2680. The molecule has 1 aliphatic heterocycles. The maximum Gasteiger partial charge on any atom is 0.243 e. The third-order valence-electron chi connectivity index (χ3n) is 11.8. The molecule has 19 nitrogen and oxygen atoms in total. The van der Waals surface area contributed by atoms with Crippen molar-refractivity contribution in [1.29, 1.82) is 0 Å². The van der Waals surface area contributed by atoms with Crippen molar-refractivity contribution in [3.63, 3.8) is 0 Å². The zero-order valence-electron chi connectivity index (χ0n) is 37.0. The molecule has 6 atom stereocenters. The van der Waals surface area contributed by atoms with Crippen LogP contribution in [0.3, 0.4) is 0 Å². The molecular weight excluding hydrogens is 857 g/mol. The highest BCUT2D eigenvalue weighted by Gasteiger charge is 2.34. The summed E-state index contributed by atoms with van der Waals surface area (Å²) < 4.78 is 0. The quantitative estimate of drug-likeness (QED) is 0.0775. The number of hydrogen-bond acceptors (Lipinski definition) is 9. The number of carbonyl (C=O) groups is 7. The van der Waals surface area contributed by atoms with Crippen LogP contribution in [0, 0.1) is 0 Å². The van der Waals surface area contributed by atoms with Crippen molar-refractivity contribution in [1.82, 2.24) is 57.2 Å². The highest BCUT2D eigenvalue weighted by molar-refractivity contribution is 5.99. The molecule has 4 heterocycles. The molecule has 1 aliphatic rings. The van der Waals surface area contributed by atoms with Gasteiger partial charge >= 0.3 is 0 Å². The van der Waals surface area contributed by atoms with Crippen molar-refractivity contribution in [2.75, 3.05) is 13.1 Å². The van der Waals surface area contributed by atoms with Gasteiger partial charge in [0.1, 0.15) is 36.3 Å². The second kappa shape index (κ2) is 22.4. The van der Waals surface area contributed by atoms with Gasteiger partial charge in [-0.25, -0.2) is 4.98 Å². The normalized spacial score (nSPS) is 21.9. The van der Waals surface area contributed by atoms with Crippen LogP contribution in [0.15, 0.2) is 104 Å². The molecule has 0 saturated carbocycles. The first kappa shape index (κ1) is 47.2. The number of nitrogens with two attached hydrogens (primary N) is 1. The number of amides is 7. The van der Waals surface area contributed by atoms with Crippen molar-refractivity contribution in [3.05, 3.63) is 126 Å². The van der Waals surface area contributed by atoms with E-state index in [1.165, 1.54) is 19.4 Å². The third-order valence-corrected chi connectivity index (χ3v) is 11.8. The lowest BCUT2D eigenvalue weighted by atomic mass is 10.0. The number of aromatic amines is 3. The van der Waals surface area contributed by atoms with Crippen LogP contribution in [0.4, 0.5) is 0 Å². The zero-order valence-corrected chi connectivity index (χ0v) is 37.0. The molecule has 0 aliphatic carbocycles. The topological polar surface area (TPSA) is 290 Å². The maximum atomic E-state index is 14.6. The first-order valence-electron chi connectivity index (χ1n) is 22.4. The monoisotopic (exact) mass is 912 g/mol. The smallest absolute Gasteiger partial charge is 0.243 e. The average Bonchev–Trinajstić information content (AvgIpc) is 4.10. The summed E-state index contributed by atoms with van der Waals surface area (Å²) in [6.45, 7) is 1.20. The van der Waals surface area contributed by atoms with Crippen LogP contribution in [0.1, 0.15) is 48.6 Å². The van der Waals surface area contributed by atoms with Gasteiger partial charge in [-0.2, -0.15) is 0 Å². The maximum absolute atomic E-state index is 14.6. The lowest BCUT2D eigenvalue weighted by Crippen LogP contribution is -2.60. The van der Waals surface area contributed by atoms with Crippen LogP contribution >= 0.6 is 0 Å². The summed E-state index contributed by atoms with van der Waals surface area (Å²) in [5, 5.41) is 20.9. The molecule has 7 rings (SSSR count). The molecule has 350 valence electrons. The van der Waals surface area contributed by atoms with Crippen molar-refractivity contribution in [3.8, 4) is 0 Å². The number of hydrogen-bond donors (Lipinski definition) is 11. The number of fused-ring (bicyclic) bond motifs is 2. The fraction of sp³-hybridized carbons (Fsp3) is 0.333. The van der Waals surface area contributed by atoms with Gasteiger partial charge in [0.05, 0.1) is 12.9 Å². The fourth-order valence-electron chi connectivity index (χ4n) is 8.13. The van der Waals surface area contributed by atoms with Crippen molar-refractivity contribution < 1.29 is 33.6 Å². The predicted molar refractivity (Wildman–Crippen MR) is 250 cm³/mol. The average molecular weight is 913 g/mol. The molecule has 67 heavy (non-hydrogen) atoms. The third kappa shape index (κ3) is 12.5. The number of benzene rings is 3. The Kier molecular flexibility index (Phi) is 15.8. The van der Waals surface area contributed by atoms with Crippen molar-refractivity contribution in [2.45, 2.75) is 88.1 Å². The Morgan fingerprint density at radius 1 is 0.537 bits per heavy atom. The molecule has 0 bridgehead atoms. The number of unbranched alkanes of at least 4 members (excludes halogenated alkanes) is 1. The minimum Gasteiger partial charge on any atom is -0.361 e. The molecule has 0 radical (unpaired) electrons. The number of nitrogens with one attached hydrogen (secondary N) is 10. The molecule has 1 saturated heterocycles. The molecule has 7 amide bonds. The molecule has 6 aromatic rings. The van der Waals surface area contributed by atoms with Gasteiger partial charge in [0, 0.05) is 71.8 Å². The molecule has 0 unspecified atom stereocenters. The molecule has 3 aromatic carbocycles. The van der Waals surface area contributed by atoms with Crippen LogP contribution in [0.2, 0.25) is 0 Å². The lowest BCUT2D eigenvalue weighted by Gasteiger charge is -2.27. The van der Waals surface area contributed by atoms with Crippen LogP contribution in [0.5, 0.6) is 0 Å². The van der Waals surface area contributed by atoms with Gasteiger partial charge in [0.15, 0.2) is 0 Å². The Morgan fingerprint density at radius 3 is 1.67 bits per heavy atom. The predicted octanol–water partition coefficient (Wildman–Crippen LogP) is 0.830. The highest BCUT2D eigenvalue weighted by atomic mass is 16.2. The van der Waals surface area contributed by atoms with E-state index in [4.69, 9.17) is 5.73 Å².